The molecule has 20 N–H and O–H groups in total. The van der Waals surface area contributed by atoms with Crippen molar-refractivity contribution in [2.24, 2.45) is 50.3 Å². The molecule has 10 amide bonds. The second-order valence-electron chi connectivity index (χ2n) is 19.4. The predicted molar refractivity (Wildman–Crippen MR) is 282 cm³/mol. The van der Waals surface area contributed by atoms with Gasteiger partial charge in [0.1, 0.15) is 54.1 Å². The molecular formula is C50H74N16O11. The number of amides is 10. The molecule has 2 aliphatic rings. The minimum atomic E-state index is -1.50. The summed E-state index contributed by atoms with van der Waals surface area (Å²) in [6.07, 6.45) is 0.334. The van der Waals surface area contributed by atoms with E-state index in [1.165, 1.54) is 29.2 Å². The van der Waals surface area contributed by atoms with Crippen molar-refractivity contribution in [1.29, 1.82) is 0 Å². The Morgan fingerprint density at radius 1 is 0.636 bits per heavy atom. The molecule has 0 radical (unpaired) electrons. The van der Waals surface area contributed by atoms with Crippen LogP contribution in [0.2, 0.25) is 0 Å². The van der Waals surface area contributed by atoms with E-state index >= 15 is 0 Å². The highest BCUT2D eigenvalue weighted by molar-refractivity contribution is 5.99. The second-order valence-corrected chi connectivity index (χ2v) is 19.4. The van der Waals surface area contributed by atoms with Gasteiger partial charge < -0.3 is 81.6 Å². The molecule has 420 valence electrons. The number of benzene rings is 2. The van der Waals surface area contributed by atoms with Crippen LogP contribution in [-0.4, -0.2) is 149 Å². The molecule has 2 aromatic rings. The topological polar surface area (TPSA) is 459 Å². The molecular weight excluding hydrogens is 1000 g/mol. The zero-order chi connectivity index (χ0) is 56.8. The first-order valence-corrected chi connectivity index (χ1v) is 25.4. The first-order valence-electron chi connectivity index (χ1n) is 25.4. The van der Waals surface area contributed by atoms with Gasteiger partial charge in [-0.15, -0.1) is 0 Å². The third kappa shape index (κ3) is 20.6. The standard InChI is InChI=1S/C50H74N16O11/c1-27(2)23-35(63-46(75)36(24-28-9-4-3-5-10-28)64-43(72)32-18-19-40(69)59-32)44(73)65-37(25-29-14-16-30(67)17-15-29)45(74)61-33(12-7-21-58-50(55)56)48(77)66-22-8-13-38(66)47(76)60-31(11-6-20-57-49(53)54)42(71)62-34(41(52)70)26-39(51)68/h3-5,9-10,14-17,27,31-38,67H,6-8,11-13,18-26H2,1-2H3,(H2,51,68)(H2,52,70)(H,59,69)(H,60,76)(H,61,74)(H,62,71)(H,63,75)(H,64,72)(H,65,73)(H4,53,54,57)(H4,55,56,58)/t31-,32-,33-,34-,35-,36-,37-,38-/m0/s1. The van der Waals surface area contributed by atoms with E-state index in [0.717, 1.165) is 0 Å². The molecule has 0 aliphatic carbocycles. The van der Waals surface area contributed by atoms with E-state index in [9.17, 15) is 53.1 Å². The van der Waals surface area contributed by atoms with Gasteiger partial charge in [-0.1, -0.05) is 56.3 Å². The number of carbonyl (C=O) groups is 10. The number of nitrogens with zero attached hydrogens (tertiary/aromatic N) is 3. The number of phenolic OH excluding ortho intramolecular Hbond substituents is 1. The average Bonchev–Trinajstić information content (AvgIpc) is 4.05. The number of aromatic hydroxyl groups is 1. The van der Waals surface area contributed by atoms with Crippen LogP contribution < -0.4 is 71.6 Å². The molecule has 0 spiro atoms. The van der Waals surface area contributed by atoms with E-state index in [1.807, 2.05) is 13.8 Å². The second kappa shape index (κ2) is 30.1. The molecule has 4 rings (SSSR count). The van der Waals surface area contributed by atoms with E-state index in [0.29, 0.717) is 17.5 Å². The maximum Gasteiger partial charge on any atom is 0.245 e. The van der Waals surface area contributed by atoms with Crippen molar-refractivity contribution in [3.05, 3.63) is 65.7 Å². The molecule has 2 fully saturated rings. The maximum atomic E-state index is 14.7. The van der Waals surface area contributed by atoms with Crippen LogP contribution in [0.1, 0.15) is 89.2 Å². The summed E-state index contributed by atoms with van der Waals surface area (Å²) in [5.41, 5.74) is 33.9. The molecule has 8 atom stereocenters. The summed E-state index contributed by atoms with van der Waals surface area (Å²) in [6.45, 7) is 3.78. The SMILES string of the molecule is CC(C)C[C@H](NC(=O)[C@H](Cc1ccccc1)NC(=O)[C@@H]1CCC(=O)N1)C(=O)N[C@@H](Cc1ccc(O)cc1)C(=O)N[C@@H](CCCN=C(N)N)C(=O)N1CCC[C@H]1C(=O)N[C@@H](CCCN=C(N)N)C(=O)N[C@@H](CC(N)=O)C(N)=O. The third-order valence-electron chi connectivity index (χ3n) is 12.6. The van der Waals surface area contributed by atoms with Crippen LogP contribution in [0.3, 0.4) is 0 Å². The highest BCUT2D eigenvalue weighted by atomic mass is 16.3. The smallest absolute Gasteiger partial charge is 0.245 e. The number of likely N-dealkylation sites (tertiary alicyclic amines) is 1. The highest BCUT2D eigenvalue weighted by Crippen LogP contribution is 2.21. The number of hydrogen-bond acceptors (Lipinski definition) is 13. The molecule has 2 aliphatic heterocycles. The summed E-state index contributed by atoms with van der Waals surface area (Å²) in [5.74, 6) is -8.25. The molecule has 0 unspecified atom stereocenters. The molecule has 27 nitrogen and oxygen atoms in total. The lowest BCUT2D eigenvalue weighted by molar-refractivity contribution is -0.142. The van der Waals surface area contributed by atoms with Crippen LogP contribution in [0.25, 0.3) is 0 Å². The molecule has 2 saturated heterocycles. The van der Waals surface area contributed by atoms with Crippen LogP contribution in [-0.2, 0) is 60.8 Å². The summed E-state index contributed by atoms with van der Waals surface area (Å²) in [6, 6.07) is 4.58. The number of guanidine groups is 2. The fourth-order valence-corrected chi connectivity index (χ4v) is 8.74. The highest BCUT2D eigenvalue weighted by Gasteiger charge is 2.40. The van der Waals surface area contributed by atoms with E-state index in [4.69, 9.17) is 34.4 Å². The van der Waals surface area contributed by atoms with Crippen molar-refractivity contribution in [3.8, 4) is 5.75 Å². The molecule has 2 heterocycles. The van der Waals surface area contributed by atoms with E-state index in [-0.39, 0.29) is 113 Å². The lowest BCUT2D eigenvalue weighted by Crippen LogP contribution is -2.60. The van der Waals surface area contributed by atoms with Crippen LogP contribution in [0.5, 0.6) is 5.75 Å². The molecule has 77 heavy (non-hydrogen) atoms. The number of aliphatic imine (C=N–C) groups is 2. The summed E-state index contributed by atoms with van der Waals surface area (Å²) < 4.78 is 0. The fraction of sp³-hybridized carbons (Fsp3) is 0.520. The number of rotatable bonds is 30. The normalized spacial score (nSPS) is 17.2. The predicted octanol–water partition coefficient (Wildman–Crippen LogP) is -4.13. The van der Waals surface area contributed by atoms with Gasteiger partial charge in [-0.3, -0.25) is 57.9 Å². The van der Waals surface area contributed by atoms with Gasteiger partial charge in [0.05, 0.1) is 6.42 Å². The van der Waals surface area contributed by atoms with Crippen molar-refractivity contribution < 1.29 is 53.1 Å². The molecule has 0 aromatic heterocycles. The minimum Gasteiger partial charge on any atom is -0.508 e. The van der Waals surface area contributed by atoms with Crippen molar-refractivity contribution in [3.63, 3.8) is 0 Å². The summed E-state index contributed by atoms with van der Waals surface area (Å²) in [4.78, 5) is 144. The van der Waals surface area contributed by atoms with Crippen molar-refractivity contribution in [2.75, 3.05) is 19.6 Å². The van der Waals surface area contributed by atoms with Gasteiger partial charge in [-0.05, 0) is 80.5 Å². The van der Waals surface area contributed by atoms with Crippen LogP contribution >= 0.6 is 0 Å². The number of primary amides is 2. The zero-order valence-corrected chi connectivity index (χ0v) is 43.3. The average molecular weight is 1080 g/mol. The Morgan fingerprint density at radius 2 is 1.14 bits per heavy atom. The molecule has 0 bridgehead atoms. The molecule has 0 saturated carbocycles. The number of phenols is 1. The van der Waals surface area contributed by atoms with Crippen molar-refractivity contribution in [2.45, 2.75) is 139 Å². The van der Waals surface area contributed by atoms with Crippen LogP contribution in [0.15, 0.2) is 64.6 Å². The first-order chi connectivity index (χ1) is 36.5. The Hall–Kier alpha value is -8.52. The molecule has 27 heteroatoms. The number of nitrogens with one attached hydrogen (secondary N) is 7. The number of carbonyl (C=O) groups excluding carboxylic acids is 10. The number of nitrogens with two attached hydrogens (primary N) is 6. The van der Waals surface area contributed by atoms with Gasteiger partial charge >= 0.3 is 0 Å². The van der Waals surface area contributed by atoms with Crippen molar-refractivity contribution >= 4 is 71.0 Å². The largest absolute Gasteiger partial charge is 0.508 e. The van der Waals surface area contributed by atoms with Gasteiger partial charge in [-0.25, -0.2) is 0 Å². The molecule has 2 aromatic carbocycles. The summed E-state index contributed by atoms with van der Waals surface area (Å²) in [5, 5.41) is 28.7. The fourth-order valence-electron chi connectivity index (χ4n) is 8.74. The monoisotopic (exact) mass is 1070 g/mol. The van der Waals surface area contributed by atoms with Gasteiger partial charge in [0.2, 0.25) is 59.1 Å². The zero-order valence-electron chi connectivity index (χ0n) is 43.3. The van der Waals surface area contributed by atoms with E-state index in [1.54, 1.807) is 30.3 Å². The Morgan fingerprint density at radius 3 is 1.69 bits per heavy atom. The van der Waals surface area contributed by atoms with Gasteiger partial charge in [0.15, 0.2) is 11.9 Å². The van der Waals surface area contributed by atoms with Gasteiger partial charge in [0, 0.05) is 38.9 Å². The van der Waals surface area contributed by atoms with Crippen LogP contribution in [0, 0.1) is 5.92 Å². The Bertz CT molecular complexity index is 2470. The first kappa shape index (κ1) is 61.0. The Labute approximate surface area is 445 Å². The van der Waals surface area contributed by atoms with Crippen LogP contribution in [0.4, 0.5) is 0 Å². The summed E-state index contributed by atoms with van der Waals surface area (Å²) >= 11 is 0. The van der Waals surface area contributed by atoms with E-state index < -0.39 is 108 Å². The maximum absolute atomic E-state index is 14.7. The lowest BCUT2D eigenvalue weighted by atomic mass is 9.99. The minimum absolute atomic E-state index is 0.0332. The quantitative estimate of drug-likeness (QED) is 0.0201. The number of hydrogen-bond donors (Lipinski definition) is 14. The van der Waals surface area contributed by atoms with E-state index in [2.05, 4.69) is 47.2 Å². The van der Waals surface area contributed by atoms with Gasteiger partial charge in [-0.2, -0.15) is 0 Å². The van der Waals surface area contributed by atoms with Crippen molar-refractivity contribution in [1.82, 2.24) is 42.1 Å². The summed E-state index contributed by atoms with van der Waals surface area (Å²) in [7, 11) is 0. The Balaban J connectivity index is 1.63. The lowest BCUT2D eigenvalue weighted by Gasteiger charge is -2.31. The Kier molecular flexibility index (Phi) is 23.9. The van der Waals surface area contributed by atoms with Gasteiger partial charge in [0.25, 0.3) is 0 Å². The third-order valence-corrected chi connectivity index (χ3v) is 12.6.